The van der Waals surface area contributed by atoms with Crippen LogP contribution in [0, 0.1) is 5.92 Å². The number of hydrogen-bond donors (Lipinski definition) is 1. The molecule has 1 N–H and O–H groups in total. The minimum absolute atomic E-state index is 0.00367. The molecule has 1 aliphatic rings. The highest BCUT2D eigenvalue weighted by Gasteiger charge is 2.22. The van der Waals surface area contributed by atoms with Gasteiger partial charge in [0, 0.05) is 18.2 Å². The van der Waals surface area contributed by atoms with Crippen LogP contribution >= 0.6 is 0 Å². The average Bonchev–Trinajstić information content (AvgIpc) is 3.04. The lowest BCUT2D eigenvalue weighted by Gasteiger charge is -2.28. The van der Waals surface area contributed by atoms with E-state index in [1.54, 1.807) is 0 Å². The highest BCUT2D eigenvalue weighted by atomic mass is 16.5. The zero-order chi connectivity index (χ0) is 19.2. The van der Waals surface area contributed by atoms with Crippen molar-refractivity contribution in [3.05, 3.63) is 23.8 Å². The van der Waals surface area contributed by atoms with Gasteiger partial charge in [-0.25, -0.2) is 4.68 Å². The van der Waals surface area contributed by atoms with Crippen molar-refractivity contribution in [3.63, 3.8) is 0 Å². The zero-order valence-corrected chi connectivity index (χ0v) is 17.0. The maximum Gasteiger partial charge on any atom is 0.251 e. The molecule has 0 radical (unpaired) electrons. The normalized spacial score (nSPS) is 16.4. The number of fused-ring (bicyclic) bond motifs is 1. The number of unbranched alkanes of at least 4 members (excludes halogenated alkanes) is 1. The number of aromatic nitrogens is 2. The van der Waals surface area contributed by atoms with E-state index in [0.29, 0.717) is 18.1 Å². The summed E-state index contributed by atoms with van der Waals surface area (Å²) in [6.07, 6.45) is 8.50. The van der Waals surface area contributed by atoms with Crippen LogP contribution in [0.3, 0.4) is 0 Å². The van der Waals surface area contributed by atoms with E-state index < -0.39 is 0 Å². The van der Waals surface area contributed by atoms with E-state index in [0.717, 1.165) is 36.2 Å². The van der Waals surface area contributed by atoms with E-state index in [-0.39, 0.29) is 11.9 Å². The Morgan fingerprint density at radius 3 is 2.78 bits per heavy atom. The molecule has 1 aliphatic carbocycles. The SMILES string of the molecule is CCCCn1nc2cc(C(=O)N[C@H](C)C3CCCCC3)ccc2c1OCC. The number of nitrogens with zero attached hydrogens (tertiary/aromatic N) is 2. The fourth-order valence-electron chi connectivity index (χ4n) is 4.04. The Morgan fingerprint density at radius 2 is 2.07 bits per heavy atom. The summed E-state index contributed by atoms with van der Waals surface area (Å²) >= 11 is 0. The molecule has 0 aliphatic heterocycles. The first-order valence-corrected chi connectivity index (χ1v) is 10.6. The van der Waals surface area contributed by atoms with Gasteiger partial charge in [0.25, 0.3) is 5.91 Å². The van der Waals surface area contributed by atoms with Crippen molar-refractivity contribution in [2.24, 2.45) is 5.92 Å². The number of aryl methyl sites for hydroxylation is 1. The van der Waals surface area contributed by atoms with Crippen LogP contribution in [0.2, 0.25) is 0 Å². The van der Waals surface area contributed by atoms with E-state index in [4.69, 9.17) is 9.84 Å². The monoisotopic (exact) mass is 371 g/mol. The van der Waals surface area contributed by atoms with Gasteiger partial charge in [-0.15, -0.1) is 0 Å². The maximum absolute atomic E-state index is 12.8. The molecule has 0 spiro atoms. The molecule has 2 aromatic rings. The Morgan fingerprint density at radius 1 is 1.30 bits per heavy atom. The quantitative estimate of drug-likeness (QED) is 0.715. The fourth-order valence-corrected chi connectivity index (χ4v) is 4.04. The molecule has 1 amide bonds. The summed E-state index contributed by atoms with van der Waals surface area (Å²) in [5.74, 6) is 1.41. The van der Waals surface area contributed by atoms with Gasteiger partial charge in [-0.05, 0) is 57.2 Å². The van der Waals surface area contributed by atoms with Gasteiger partial charge in [0.2, 0.25) is 5.88 Å². The van der Waals surface area contributed by atoms with E-state index in [9.17, 15) is 4.79 Å². The lowest BCUT2D eigenvalue weighted by atomic mass is 9.84. The minimum Gasteiger partial charge on any atom is -0.478 e. The van der Waals surface area contributed by atoms with Crippen molar-refractivity contribution < 1.29 is 9.53 Å². The first-order chi connectivity index (χ1) is 13.1. The predicted molar refractivity (Wildman–Crippen MR) is 109 cm³/mol. The second-order valence-corrected chi connectivity index (χ2v) is 7.71. The third kappa shape index (κ3) is 4.63. The van der Waals surface area contributed by atoms with Gasteiger partial charge in [-0.3, -0.25) is 4.79 Å². The first-order valence-electron chi connectivity index (χ1n) is 10.6. The molecular weight excluding hydrogens is 338 g/mol. The van der Waals surface area contributed by atoms with Gasteiger partial charge >= 0.3 is 0 Å². The lowest BCUT2D eigenvalue weighted by Crippen LogP contribution is -2.38. The van der Waals surface area contributed by atoms with E-state index in [1.165, 1.54) is 32.1 Å². The smallest absolute Gasteiger partial charge is 0.251 e. The molecule has 1 aromatic heterocycles. The number of ether oxygens (including phenoxy) is 1. The van der Waals surface area contributed by atoms with Gasteiger partial charge < -0.3 is 10.1 Å². The first kappa shape index (κ1) is 19.7. The summed E-state index contributed by atoms with van der Waals surface area (Å²) in [7, 11) is 0. The number of carbonyl (C=O) groups excluding carboxylic acids is 1. The summed E-state index contributed by atoms with van der Waals surface area (Å²) in [6, 6.07) is 5.97. The van der Waals surface area contributed by atoms with Crippen LogP contribution in [0.25, 0.3) is 10.9 Å². The van der Waals surface area contributed by atoms with Gasteiger partial charge in [-0.1, -0.05) is 32.6 Å². The Bertz CT molecular complexity index is 762. The van der Waals surface area contributed by atoms with Gasteiger partial charge in [0.15, 0.2) is 0 Å². The van der Waals surface area contributed by atoms with Crippen LogP contribution < -0.4 is 10.1 Å². The van der Waals surface area contributed by atoms with Crippen molar-refractivity contribution in [1.29, 1.82) is 0 Å². The summed E-state index contributed by atoms with van der Waals surface area (Å²) < 4.78 is 7.77. The summed E-state index contributed by atoms with van der Waals surface area (Å²) in [5, 5.41) is 8.88. The molecule has 1 saturated carbocycles. The van der Waals surface area contributed by atoms with Crippen LogP contribution in [0.5, 0.6) is 5.88 Å². The molecule has 1 aromatic carbocycles. The van der Waals surface area contributed by atoms with Crippen molar-refractivity contribution in [2.45, 2.75) is 78.3 Å². The van der Waals surface area contributed by atoms with Gasteiger partial charge in [0.05, 0.1) is 17.5 Å². The van der Waals surface area contributed by atoms with E-state index in [2.05, 4.69) is 19.2 Å². The Kier molecular flexibility index (Phi) is 6.75. The molecule has 1 heterocycles. The molecule has 0 unspecified atom stereocenters. The number of carbonyl (C=O) groups is 1. The summed E-state index contributed by atoms with van der Waals surface area (Å²) in [4.78, 5) is 12.8. The van der Waals surface area contributed by atoms with Crippen molar-refractivity contribution in [2.75, 3.05) is 6.61 Å². The molecule has 5 nitrogen and oxygen atoms in total. The number of nitrogens with one attached hydrogen (secondary N) is 1. The molecule has 1 atom stereocenters. The number of rotatable bonds is 8. The Hall–Kier alpha value is -2.04. The lowest BCUT2D eigenvalue weighted by molar-refractivity contribution is 0.0919. The number of amides is 1. The molecular formula is C22H33N3O2. The van der Waals surface area contributed by atoms with E-state index >= 15 is 0 Å². The molecule has 27 heavy (non-hydrogen) atoms. The summed E-state index contributed by atoms with van der Waals surface area (Å²) in [6.45, 7) is 7.73. The van der Waals surface area contributed by atoms with Crippen LogP contribution in [-0.4, -0.2) is 28.3 Å². The number of benzene rings is 1. The van der Waals surface area contributed by atoms with Crippen LogP contribution in [-0.2, 0) is 6.54 Å². The van der Waals surface area contributed by atoms with Crippen molar-refractivity contribution in [1.82, 2.24) is 15.1 Å². The Balaban J connectivity index is 1.77. The highest BCUT2D eigenvalue weighted by molar-refractivity contribution is 5.98. The second kappa shape index (κ2) is 9.25. The van der Waals surface area contributed by atoms with E-state index in [1.807, 2.05) is 29.8 Å². The summed E-state index contributed by atoms with van der Waals surface area (Å²) in [5.41, 5.74) is 1.50. The second-order valence-electron chi connectivity index (χ2n) is 7.71. The fraction of sp³-hybridized carbons (Fsp3) is 0.636. The maximum atomic E-state index is 12.8. The Labute approximate surface area is 162 Å². The molecule has 148 valence electrons. The van der Waals surface area contributed by atoms with Crippen molar-refractivity contribution in [3.8, 4) is 5.88 Å². The van der Waals surface area contributed by atoms with Crippen LogP contribution in [0.4, 0.5) is 0 Å². The highest BCUT2D eigenvalue weighted by Crippen LogP contribution is 2.28. The topological polar surface area (TPSA) is 56.2 Å². The molecule has 3 rings (SSSR count). The number of hydrogen-bond acceptors (Lipinski definition) is 3. The minimum atomic E-state index is -0.00367. The molecule has 0 bridgehead atoms. The van der Waals surface area contributed by atoms with Gasteiger partial charge in [0.1, 0.15) is 0 Å². The van der Waals surface area contributed by atoms with Gasteiger partial charge in [-0.2, -0.15) is 5.10 Å². The largest absolute Gasteiger partial charge is 0.478 e. The average molecular weight is 372 g/mol. The third-order valence-electron chi connectivity index (χ3n) is 5.67. The molecule has 1 fully saturated rings. The van der Waals surface area contributed by atoms with Crippen molar-refractivity contribution >= 4 is 16.8 Å². The molecule has 0 saturated heterocycles. The predicted octanol–water partition coefficient (Wildman–Crippen LogP) is 4.93. The van der Waals surface area contributed by atoms with Crippen LogP contribution in [0.15, 0.2) is 18.2 Å². The van der Waals surface area contributed by atoms with Crippen LogP contribution in [0.1, 0.15) is 76.1 Å². The molecule has 5 heteroatoms. The zero-order valence-electron chi connectivity index (χ0n) is 17.0. The standard InChI is InChI=1S/C22H33N3O2/c1-4-6-14-25-22(27-5-2)19-13-12-18(15-20(19)24-25)21(26)23-16(3)17-10-8-7-9-11-17/h12-13,15-17H,4-11,14H2,1-3H3,(H,23,26)/t16-/m1/s1. The third-order valence-corrected chi connectivity index (χ3v) is 5.67.